The van der Waals surface area contributed by atoms with Crippen LogP contribution < -0.4 is 0 Å². The number of hydrogen-bond donors (Lipinski definition) is 0. The number of carbonyl (C=O) groups is 1. The molecular weight excluding hydrogens is 222 g/mol. The van der Waals surface area contributed by atoms with E-state index in [2.05, 4.69) is 0 Å². The maximum atomic E-state index is 13.6. The number of Topliss-reactive ketones (excluding diaryl/α,β-unsaturated/α-hetero) is 1. The lowest BCUT2D eigenvalue weighted by Crippen LogP contribution is -1.98. The Morgan fingerprint density at radius 3 is 2.35 bits per heavy atom. The molecule has 0 fully saturated rings. The number of carbonyl (C=O) groups excluding carboxylic acids is 1. The third-order valence-corrected chi connectivity index (χ3v) is 2.52. The van der Waals surface area contributed by atoms with Crippen LogP contribution in [0.1, 0.15) is 17.3 Å². The Bertz CT molecular complexity index is 576. The van der Waals surface area contributed by atoms with E-state index < -0.39 is 11.6 Å². The smallest absolute Gasteiger partial charge is 0.160 e. The molecule has 0 saturated carbocycles. The normalized spacial score (nSPS) is 10.3. The van der Waals surface area contributed by atoms with E-state index in [-0.39, 0.29) is 16.9 Å². The van der Waals surface area contributed by atoms with E-state index >= 15 is 0 Å². The monoisotopic (exact) mass is 232 g/mol. The van der Waals surface area contributed by atoms with Gasteiger partial charge >= 0.3 is 0 Å². The summed E-state index contributed by atoms with van der Waals surface area (Å²) in [6.45, 7) is 1.37. The van der Waals surface area contributed by atoms with E-state index in [0.717, 1.165) is 0 Å². The molecule has 0 heterocycles. The van der Waals surface area contributed by atoms with Crippen LogP contribution in [0.25, 0.3) is 11.1 Å². The third-order valence-electron chi connectivity index (χ3n) is 2.52. The van der Waals surface area contributed by atoms with Crippen molar-refractivity contribution < 1.29 is 13.6 Å². The minimum atomic E-state index is -0.492. The molecule has 17 heavy (non-hydrogen) atoms. The van der Waals surface area contributed by atoms with E-state index in [1.165, 1.54) is 37.3 Å². The summed E-state index contributed by atoms with van der Waals surface area (Å²) in [6.07, 6.45) is 0. The molecule has 0 N–H and O–H groups in total. The van der Waals surface area contributed by atoms with Gasteiger partial charge < -0.3 is 0 Å². The Labute approximate surface area is 97.7 Å². The van der Waals surface area contributed by atoms with Crippen LogP contribution in [0.4, 0.5) is 8.78 Å². The number of ketones is 1. The molecule has 2 aromatic carbocycles. The summed E-state index contributed by atoms with van der Waals surface area (Å²) in [7, 11) is 0. The molecule has 2 aromatic rings. The molecule has 0 aliphatic carbocycles. The summed E-state index contributed by atoms with van der Waals surface area (Å²) < 4.78 is 26.8. The second kappa shape index (κ2) is 4.45. The van der Waals surface area contributed by atoms with Gasteiger partial charge in [0.05, 0.1) is 0 Å². The molecule has 3 heteroatoms. The van der Waals surface area contributed by atoms with Crippen molar-refractivity contribution in [2.24, 2.45) is 0 Å². The van der Waals surface area contributed by atoms with Crippen LogP contribution in [0, 0.1) is 11.6 Å². The average Bonchev–Trinajstić information content (AvgIpc) is 2.29. The van der Waals surface area contributed by atoms with Crippen molar-refractivity contribution in [3.63, 3.8) is 0 Å². The molecule has 1 nitrogen and oxygen atoms in total. The molecular formula is C14H10F2O. The maximum Gasteiger partial charge on any atom is 0.160 e. The van der Waals surface area contributed by atoms with Gasteiger partial charge in [-0.2, -0.15) is 0 Å². The first-order chi connectivity index (χ1) is 8.09. The van der Waals surface area contributed by atoms with E-state index in [1.807, 2.05) is 0 Å². The molecule has 0 amide bonds. The quantitative estimate of drug-likeness (QED) is 0.719. The first-order valence-corrected chi connectivity index (χ1v) is 5.15. The Kier molecular flexibility index (Phi) is 3.00. The van der Waals surface area contributed by atoms with Crippen molar-refractivity contribution in [1.82, 2.24) is 0 Å². The minimum absolute atomic E-state index is 0.219. The third kappa shape index (κ3) is 2.23. The summed E-state index contributed by atoms with van der Waals surface area (Å²) in [6, 6.07) is 9.75. The molecule has 0 radical (unpaired) electrons. The Morgan fingerprint density at radius 2 is 1.71 bits per heavy atom. The van der Waals surface area contributed by atoms with E-state index in [1.54, 1.807) is 12.1 Å². The van der Waals surface area contributed by atoms with Crippen LogP contribution in [0.3, 0.4) is 0 Å². The van der Waals surface area contributed by atoms with E-state index in [4.69, 9.17) is 0 Å². The molecule has 0 unspecified atom stereocenters. The van der Waals surface area contributed by atoms with Gasteiger partial charge in [0.1, 0.15) is 11.6 Å². The van der Waals surface area contributed by atoms with Gasteiger partial charge in [0, 0.05) is 11.1 Å². The van der Waals surface area contributed by atoms with Crippen molar-refractivity contribution in [3.05, 3.63) is 59.7 Å². The first kappa shape index (κ1) is 11.5. The molecule has 0 aliphatic rings. The Hall–Kier alpha value is -2.03. The van der Waals surface area contributed by atoms with Gasteiger partial charge in [-0.3, -0.25) is 4.79 Å². The number of hydrogen-bond acceptors (Lipinski definition) is 1. The fraction of sp³-hybridized carbons (Fsp3) is 0.0714. The lowest BCUT2D eigenvalue weighted by Gasteiger charge is -2.08. The second-order valence-corrected chi connectivity index (χ2v) is 3.73. The Morgan fingerprint density at radius 1 is 1.00 bits per heavy atom. The Balaban J connectivity index is 2.70. The highest BCUT2D eigenvalue weighted by Crippen LogP contribution is 2.27. The van der Waals surface area contributed by atoms with Gasteiger partial charge in [-0.15, -0.1) is 0 Å². The van der Waals surface area contributed by atoms with Crippen LogP contribution >= 0.6 is 0 Å². The molecule has 2 rings (SSSR count). The molecule has 0 aliphatic heterocycles. The number of rotatable bonds is 2. The fourth-order valence-corrected chi connectivity index (χ4v) is 1.73. The van der Waals surface area contributed by atoms with Gasteiger partial charge in [-0.25, -0.2) is 8.78 Å². The predicted octanol–water partition coefficient (Wildman–Crippen LogP) is 3.83. The molecule has 0 atom stereocenters. The zero-order chi connectivity index (χ0) is 12.4. The minimum Gasteiger partial charge on any atom is -0.294 e. The zero-order valence-corrected chi connectivity index (χ0v) is 9.21. The summed E-state index contributed by atoms with van der Waals surface area (Å²) in [5.74, 6) is -1.18. The van der Waals surface area contributed by atoms with Crippen molar-refractivity contribution >= 4 is 5.78 Å². The topological polar surface area (TPSA) is 17.1 Å². The lowest BCUT2D eigenvalue weighted by molar-refractivity contribution is 0.101. The summed E-state index contributed by atoms with van der Waals surface area (Å²) >= 11 is 0. The van der Waals surface area contributed by atoms with E-state index in [9.17, 15) is 13.6 Å². The van der Waals surface area contributed by atoms with Gasteiger partial charge in [-0.05, 0) is 36.8 Å². The van der Waals surface area contributed by atoms with Gasteiger partial charge in [-0.1, -0.05) is 18.2 Å². The van der Waals surface area contributed by atoms with Gasteiger partial charge in [0.25, 0.3) is 0 Å². The molecule has 0 bridgehead atoms. The van der Waals surface area contributed by atoms with Crippen LogP contribution in [0.2, 0.25) is 0 Å². The number of benzene rings is 2. The molecule has 0 spiro atoms. The highest BCUT2D eigenvalue weighted by atomic mass is 19.1. The summed E-state index contributed by atoms with van der Waals surface area (Å²) in [5.41, 5.74) is 0.837. The second-order valence-electron chi connectivity index (χ2n) is 3.73. The predicted molar refractivity (Wildman–Crippen MR) is 61.8 cm³/mol. The number of halogens is 2. The van der Waals surface area contributed by atoms with Crippen molar-refractivity contribution in [2.75, 3.05) is 0 Å². The fourth-order valence-electron chi connectivity index (χ4n) is 1.73. The van der Waals surface area contributed by atoms with E-state index in [0.29, 0.717) is 5.56 Å². The molecule has 0 aromatic heterocycles. The standard InChI is InChI=1S/C14H10F2O/c1-9(17)11-7-6-10(15)8-13(11)12-4-2-3-5-14(12)16/h2-8H,1H3. The SMILES string of the molecule is CC(=O)c1ccc(F)cc1-c1ccccc1F. The van der Waals surface area contributed by atoms with Gasteiger partial charge in [0.15, 0.2) is 5.78 Å². The van der Waals surface area contributed by atoms with Crippen LogP contribution in [-0.2, 0) is 0 Å². The molecule has 86 valence electrons. The van der Waals surface area contributed by atoms with Crippen molar-refractivity contribution in [2.45, 2.75) is 6.92 Å². The van der Waals surface area contributed by atoms with Crippen LogP contribution in [0.5, 0.6) is 0 Å². The average molecular weight is 232 g/mol. The van der Waals surface area contributed by atoms with Crippen LogP contribution in [0.15, 0.2) is 42.5 Å². The van der Waals surface area contributed by atoms with Crippen molar-refractivity contribution in [3.8, 4) is 11.1 Å². The largest absolute Gasteiger partial charge is 0.294 e. The first-order valence-electron chi connectivity index (χ1n) is 5.15. The summed E-state index contributed by atoms with van der Waals surface area (Å²) in [5, 5.41) is 0. The zero-order valence-electron chi connectivity index (χ0n) is 9.21. The van der Waals surface area contributed by atoms with Crippen molar-refractivity contribution in [1.29, 1.82) is 0 Å². The molecule has 0 saturated heterocycles. The van der Waals surface area contributed by atoms with Gasteiger partial charge in [0.2, 0.25) is 0 Å². The highest BCUT2D eigenvalue weighted by molar-refractivity contribution is 6.00. The maximum absolute atomic E-state index is 13.6. The summed E-state index contributed by atoms with van der Waals surface area (Å²) in [4.78, 5) is 11.4. The lowest BCUT2D eigenvalue weighted by atomic mass is 9.97. The van der Waals surface area contributed by atoms with Crippen LogP contribution in [-0.4, -0.2) is 5.78 Å². The highest BCUT2D eigenvalue weighted by Gasteiger charge is 2.13.